The molecule has 1 aliphatic rings. The molecule has 92 valence electrons. The molecule has 1 saturated heterocycles. The molecule has 0 bridgehead atoms. The monoisotopic (exact) mass is 228 g/mol. The fourth-order valence-corrected chi connectivity index (χ4v) is 1.18. The lowest BCUT2D eigenvalue weighted by molar-refractivity contribution is -0.142. The van der Waals surface area contributed by atoms with Crippen LogP contribution < -0.4 is 0 Å². The van der Waals surface area contributed by atoms with Gasteiger partial charge in [0, 0.05) is 5.57 Å². The Morgan fingerprint density at radius 2 is 2.31 bits per heavy atom. The van der Waals surface area contributed by atoms with E-state index in [1.165, 1.54) is 0 Å². The van der Waals surface area contributed by atoms with Crippen LogP contribution >= 0.6 is 0 Å². The van der Waals surface area contributed by atoms with E-state index in [9.17, 15) is 4.79 Å². The van der Waals surface area contributed by atoms with Crippen molar-refractivity contribution in [2.75, 3.05) is 19.8 Å². The Morgan fingerprint density at radius 1 is 1.62 bits per heavy atom. The first-order valence-electron chi connectivity index (χ1n) is 5.70. The molecule has 0 saturated carbocycles. The van der Waals surface area contributed by atoms with Gasteiger partial charge in [0.2, 0.25) is 0 Å². The van der Waals surface area contributed by atoms with Gasteiger partial charge in [-0.3, -0.25) is 0 Å². The smallest absolute Gasteiger partial charge is 0.333 e. The second kappa shape index (κ2) is 6.66. The summed E-state index contributed by atoms with van der Waals surface area (Å²) in [5.41, 5.74) is 0.653. The zero-order valence-electron chi connectivity index (χ0n) is 10.2. The maximum atomic E-state index is 11.4. The van der Waals surface area contributed by atoms with Gasteiger partial charge in [0.1, 0.15) is 12.7 Å². The van der Waals surface area contributed by atoms with Crippen LogP contribution in [0, 0.1) is 0 Å². The third kappa shape index (κ3) is 5.28. The maximum absolute atomic E-state index is 11.4. The van der Waals surface area contributed by atoms with Crippen molar-refractivity contribution in [3.8, 4) is 0 Å². The summed E-state index contributed by atoms with van der Waals surface area (Å²) in [6.45, 7) is 7.29. The van der Waals surface area contributed by atoms with E-state index in [4.69, 9.17) is 14.2 Å². The molecule has 2 unspecified atom stereocenters. The quantitative estimate of drug-likeness (QED) is 0.378. The first-order valence-corrected chi connectivity index (χ1v) is 5.70. The summed E-state index contributed by atoms with van der Waals surface area (Å²) in [4.78, 5) is 11.4. The Balaban J connectivity index is 2.11. The minimum absolute atomic E-state index is 0.0809. The SMILES string of the molecule is CCC=C(C)C(=O)OCC(C)OCC1CO1. The molecule has 2 atom stereocenters. The first kappa shape index (κ1) is 13.2. The van der Waals surface area contributed by atoms with Gasteiger partial charge in [0.15, 0.2) is 0 Å². The average Bonchev–Trinajstić information content (AvgIpc) is 3.07. The van der Waals surface area contributed by atoms with E-state index in [2.05, 4.69) is 0 Å². The number of allylic oxidation sites excluding steroid dienone is 1. The molecule has 0 N–H and O–H groups in total. The second-order valence-corrected chi connectivity index (χ2v) is 3.99. The van der Waals surface area contributed by atoms with Crippen molar-refractivity contribution in [3.63, 3.8) is 0 Å². The summed E-state index contributed by atoms with van der Waals surface area (Å²) in [5, 5.41) is 0. The van der Waals surface area contributed by atoms with Crippen LogP contribution in [0.3, 0.4) is 0 Å². The number of ether oxygens (including phenoxy) is 3. The molecule has 0 spiro atoms. The summed E-state index contributed by atoms with van der Waals surface area (Å²) < 4.78 is 15.5. The number of hydrogen-bond donors (Lipinski definition) is 0. The fraction of sp³-hybridized carbons (Fsp3) is 0.750. The number of esters is 1. The summed E-state index contributed by atoms with van der Waals surface area (Å²) in [5.74, 6) is -0.264. The van der Waals surface area contributed by atoms with E-state index in [0.29, 0.717) is 18.8 Å². The molecule has 1 rings (SSSR count). The highest BCUT2D eigenvalue weighted by molar-refractivity contribution is 5.87. The normalized spacial score (nSPS) is 21.7. The Hall–Kier alpha value is -0.870. The molecule has 0 amide bonds. The predicted molar refractivity (Wildman–Crippen MR) is 60.2 cm³/mol. The van der Waals surface area contributed by atoms with Crippen LogP contribution in [0.5, 0.6) is 0 Å². The third-order valence-electron chi connectivity index (χ3n) is 2.25. The molecule has 0 aromatic carbocycles. The van der Waals surface area contributed by atoms with Crippen molar-refractivity contribution >= 4 is 5.97 Å². The van der Waals surface area contributed by atoms with Crippen LogP contribution in [0.15, 0.2) is 11.6 Å². The lowest BCUT2D eigenvalue weighted by Gasteiger charge is -2.12. The topological polar surface area (TPSA) is 48.1 Å². The van der Waals surface area contributed by atoms with Crippen molar-refractivity contribution in [1.82, 2.24) is 0 Å². The number of carbonyl (C=O) groups is 1. The summed E-state index contributed by atoms with van der Waals surface area (Å²) >= 11 is 0. The van der Waals surface area contributed by atoms with Crippen molar-refractivity contribution < 1.29 is 19.0 Å². The van der Waals surface area contributed by atoms with Gasteiger partial charge in [-0.25, -0.2) is 4.79 Å². The standard InChI is InChI=1S/C12H20O4/c1-4-5-9(2)12(13)16-6-10(3)14-7-11-8-15-11/h5,10-11H,4,6-8H2,1-3H3. The molecule has 0 aliphatic carbocycles. The Morgan fingerprint density at radius 3 is 2.88 bits per heavy atom. The van der Waals surface area contributed by atoms with Gasteiger partial charge in [-0.05, 0) is 20.3 Å². The molecule has 0 radical (unpaired) electrons. The maximum Gasteiger partial charge on any atom is 0.333 e. The number of hydrogen-bond acceptors (Lipinski definition) is 4. The van der Waals surface area contributed by atoms with E-state index in [0.717, 1.165) is 13.0 Å². The largest absolute Gasteiger partial charge is 0.460 e. The zero-order chi connectivity index (χ0) is 12.0. The molecule has 0 aromatic rings. The first-order chi connectivity index (χ1) is 7.63. The Labute approximate surface area is 96.6 Å². The van der Waals surface area contributed by atoms with Crippen LogP contribution in [0.1, 0.15) is 27.2 Å². The molecular formula is C12H20O4. The Kier molecular flexibility index (Phi) is 5.49. The third-order valence-corrected chi connectivity index (χ3v) is 2.25. The van der Waals surface area contributed by atoms with Crippen LogP contribution in [-0.2, 0) is 19.0 Å². The van der Waals surface area contributed by atoms with Crippen LogP contribution in [-0.4, -0.2) is 38.0 Å². The van der Waals surface area contributed by atoms with Gasteiger partial charge in [-0.2, -0.15) is 0 Å². The van der Waals surface area contributed by atoms with E-state index < -0.39 is 0 Å². The van der Waals surface area contributed by atoms with Crippen molar-refractivity contribution in [2.24, 2.45) is 0 Å². The molecular weight excluding hydrogens is 208 g/mol. The van der Waals surface area contributed by atoms with Gasteiger partial charge in [0.25, 0.3) is 0 Å². The van der Waals surface area contributed by atoms with Gasteiger partial charge in [0.05, 0.1) is 19.3 Å². The van der Waals surface area contributed by atoms with Crippen molar-refractivity contribution in [1.29, 1.82) is 0 Å². The average molecular weight is 228 g/mol. The summed E-state index contributed by atoms with van der Waals surface area (Å²) in [6.07, 6.45) is 2.86. The van der Waals surface area contributed by atoms with Gasteiger partial charge >= 0.3 is 5.97 Å². The highest BCUT2D eigenvalue weighted by Crippen LogP contribution is 2.10. The van der Waals surface area contributed by atoms with Gasteiger partial charge in [-0.15, -0.1) is 0 Å². The lowest BCUT2D eigenvalue weighted by Crippen LogP contribution is -2.21. The molecule has 16 heavy (non-hydrogen) atoms. The van der Waals surface area contributed by atoms with Crippen LogP contribution in [0.2, 0.25) is 0 Å². The molecule has 4 nitrogen and oxygen atoms in total. The molecule has 4 heteroatoms. The highest BCUT2D eigenvalue weighted by Gasteiger charge is 2.23. The second-order valence-electron chi connectivity index (χ2n) is 3.99. The molecule has 0 aromatic heterocycles. The highest BCUT2D eigenvalue weighted by atomic mass is 16.6. The predicted octanol–water partition coefficient (Wildman–Crippen LogP) is 1.69. The van der Waals surface area contributed by atoms with E-state index in [-0.39, 0.29) is 18.2 Å². The van der Waals surface area contributed by atoms with Gasteiger partial charge in [-0.1, -0.05) is 13.0 Å². The van der Waals surface area contributed by atoms with Crippen LogP contribution in [0.4, 0.5) is 0 Å². The van der Waals surface area contributed by atoms with Crippen molar-refractivity contribution in [3.05, 3.63) is 11.6 Å². The number of carbonyl (C=O) groups excluding carboxylic acids is 1. The molecule has 1 fully saturated rings. The number of rotatable bonds is 7. The lowest BCUT2D eigenvalue weighted by atomic mass is 10.2. The van der Waals surface area contributed by atoms with E-state index in [1.54, 1.807) is 6.92 Å². The summed E-state index contributed by atoms with van der Waals surface area (Å²) in [7, 11) is 0. The Bertz CT molecular complexity index is 256. The van der Waals surface area contributed by atoms with Crippen LogP contribution in [0.25, 0.3) is 0 Å². The van der Waals surface area contributed by atoms with E-state index in [1.807, 2.05) is 19.9 Å². The minimum atomic E-state index is -0.264. The van der Waals surface area contributed by atoms with E-state index >= 15 is 0 Å². The summed E-state index contributed by atoms with van der Waals surface area (Å²) in [6, 6.07) is 0. The molecule has 1 aliphatic heterocycles. The van der Waals surface area contributed by atoms with Crippen molar-refractivity contribution in [2.45, 2.75) is 39.4 Å². The zero-order valence-corrected chi connectivity index (χ0v) is 10.2. The minimum Gasteiger partial charge on any atom is -0.460 e. The molecule has 1 heterocycles. The number of epoxide rings is 1. The fourth-order valence-electron chi connectivity index (χ4n) is 1.18. The van der Waals surface area contributed by atoms with Gasteiger partial charge < -0.3 is 14.2 Å².